The zero-order chi connectivity index (χ0) is 14.0. The zero-order valence-electron chi connectivity index (χ0n) is 11.6. The Morgan fingerprint density at radius 1 is 1.21 bits per heavy atom. The first-order chi connectivity index (χ1) is 8.93. The van der Waals surface area contributed by atoms with Gasteiger partial charge in [0.25, 0.3) is 0 Å². The lowest BCUT2D eigenvalue weighted by molar-refractivity contribution is 0.397. The Bertz CT molecular complexity index is 590. The molecule has 1 heterocycles. The largest absolute Gasteiger partial charge is 0.496 e. The highest BCUT2D eigenvalue weighted by atomic mass is 16.5. The normalized spacial score (nSPS) is 11.4. The molecule has 0 saturated carbocycles. The molecular formula is C14H18N4O. The van der Waals surface area contributed by atoms with Crippen molar-refractivity contribution in [3.05, 3.63) is 30.1 Å². The summed E-state index contributed by atoms with van der Waals surface area (Å²) in [5.41, 5.74) is 8.38. The molecule has 0 atom stereocenters. The summed E-state index contributed by atoms with van der Waals surface area (Å²) in [5, 5.41) is 7.83. The van der Waals surface area contributed by atoms with Gasteiger partial charge in [0.05, 0.1) is 7.11 Å². The number of rotatable bonds is 2. The van der Waals surface area contributed by atoms with Crippen molar-refractivity contribution in [2.24, 2.45) is 0 Å². The van der Waals surface area contributed by atoms with Gasteiger partial charge >= 0.3 is 0 Å². The second-order valence-electron chi connectivity index (χ2n) is 5.36. The van der Waals surface area contributed by atoms with Crippen LogP contribution in [0.1, 0.15) is 26.3 Å². The monoisotopic (exact) mass is 258 g/mol. The lowest BCUT2D eigenvalue weighted by Crippen LogP contribution is -2.13. The molecule has 0 fully saturated rings. The van der Waals surface area contributed by atoms with E-state index in [1.165, 1.54) is 6.33 Å². The van der Waals surface area contributed by atoms with E-state index in [0.717, 1.165) is 16.9 Å². The third-order valence-corrected chi connectivity index (χ3v) is 2.93. The fourth-order valence-corrected chi connectivity index (χ4v) is 1.93. The molecule has 0 amide bonds. The smallest absolute Gasteiger partial charge is 0.153 e. The van der Waals surface area contributed by atoms with Gasteiger partial charge in [-0.2, -0.15) is 0 Å². The minimum Gasteiger partial charge on any atom is -0.496 e. The summed E-state index contributed by atoms with van der Waals surface area (Å²) in [6.07, 6.45) is 1.34. The molecule has 19 heavy (non-hydrogen) atoms. The number of methoxy groups -OCH3 is 1. The summed E-state index contributed by atoms with van der Waals surface area (Å²) in [6.45, 7) is 6.40. The van der Waals surface area contributed by atoms with Gasteiger partial charge in [0, 0.05) is 11.1 Å². The SMILES string of the molecule is COc1ccc(-c2nncnc2N)cc1C(C)(C)C. The highest BCUT2D eigenvalue weighted by Crippen LogP contribution is 2.35. The van der Waals surface area contributed by atoms with Crippen molar-refractivity contribution >= 4 is 5.82 Å². The van der Waals surface area contributed by atoms with E-state index in [1.54, 1.807) is 7.11 Å². The molecule has 0 bridgehead atoms. The molecule has 1 aromatic carbocycles. The van der Waals surface area contributed by atoms with E-state index >= 15 is 0 Å². The first-order valence-corrected chi connectivity index (χ1v) is 6.05. The molecule has 5 nitrogen and oxygen atoms in total. The van der Waals surface area contributed by atoms with Gasteiger partial charge in [-0.05, 0) is 23.6 Å². The number of aromatic nitrogens is 3. The molecule has 2 aromatic rings. The predicted molar refractivity (Wildman–Crippen MR) is 74.9 cm³/mol. The quantitative estimate of drug-likeness (QED) is 0.895. The van der Waals surface area contributed by atoms with Crippen molar-refractivity contribution in [3.8, 4) is 17.0 Å². The summed E-state index contributed by atoms with van der Waals surface area (Å²) < 4.78 is 5.41. The molecule has 100 valence electrons. The highest BCUT2D eigenvalue weighted by molar-refractivity contribution is 5.70. The molecule has 0 aliphatic heterocycles. The van der Waals surface area contributed by atoms with Crippen LogP contribution in [-0.2, 0) is 5.41 Å². The Labute approximate surface area is 112 Å². The van der Waals surface area contributed by atoms with Crippen molar-refractivity contribution in [1.29, 1.82) is 0 Å². The van der Waals surface area contributed by atoms with Crippen LogP contribution in [0.15, 0.2) is 24.5 Å². The molecule has 0 aliphatic rings. The van der Waals surface area contributed by atoms with Crippen LogP contribution in [0.2, 0.25) is 0 Å². The number of hydrogen-bond acceptors (Lipinski definition) is 5. The van der Waals surface area contributed by atoms with E-state index in [2.05, 4.69) is 36.0 Å². The number of anilines is 1. The molecule has 0 saturated heterocycles. The summed E-state index contributed by atoms with van der Waals surface area (Å²) in [4.78, 5) is 3.96. The number of ether oxygens (including phenoxy) is 1. The maximum atomic E-state index is 5.84. The van der Waals surface area contributed by atoms with Crippen LogP contribution in [0.3, 0.4) is 0 Å². The van der Waals surface area contributed by atoms with Gasteiger partial charge in [0.2, 0.25) is 0 Å². The van der Waals surface area contributed by atoms with E-state index in [-0.39, 0.29) is 5.41 Å². The fourth-order valence-electron chi connectivity index (χ4n) is 1.93. The maximum absolute atomic E-state index is 5.84. The Morgan fingerprint density at radius 3 is 2.53 bits per heavy atom. The van der Waals surface area contributed by atoms with Gasteiger partial charge in [-0.25, -0.2) is 4.98 Å². The molecule has 2 N–H and O–H groups in total. The van der Waals surface area contributed by atoms with E-state index < -0.39 is 0 Å². The lowest BCUT2D eigenvalue weighted by Gasteiger charge is -2.22. The van der Waals surface area contributed by atoms with Crippen LogP contribution in [0, 0.1) is 0 Å². The fraction of sp³-hybridized carbons (Fsp3) is 0.357. The number of nitrogens with zero attached hydrogens (tertiary/aromatic N) is 3. The van der Waals surface area contributed by atoms with E-state index in [0.29, 0.717) is 11.5 Å². The molecule has 1 aromatic heterocycles. The molecule has 0 aliphatic carbocycles. The van der Waals surface area contributed by atoms with Crippen molar-refractivity contribution < 1.29 is 4.74 Å². The molecule has 2 rings (SSSR count). The van der Waals surface area contributed by atoms with Crippen molar-refractivity contribution in [1.82, 2.24) is 15.2 Å². The minimum atomic E-state index is -0.0360. The lowest BCUT2D eigenvalue weighted by atomic mass is 9.85. The summed E-state index contributed by atoms with van der Waals surface area (Å²) >= 11 is 0. The average Bonchev–Trinajstić information content (AvgIpc) is 2.37. The Morgan fingerprint density at radius 2 is 1.95 bits per heavy atom. The molecule has 5 heteroatoms. The first-order valence-electron chi connectivity index (χ1n) is 6.05. The Balaban J connectivity index is 2.59. The van der Waals surface area contributed by atoms with Crippen LogP contribution in [0.4, 0.5) is 5.82 Å². The minimum absolute atomic E-state index is 0.0360. The predicted octanol–water partition coefficient (Wildman–Crippen LogP) is 2.43. The van der Waals surface area contributed by atoms with E-state index in [1.807, 2.05) is 18.2 Å². The first kappa shape index (κ1) is 13.3. The zero-order valence-corrected chi connectivity index (χ0v) is 11.6. The topological polar surface area (TPSA) is 73.9 Å². The van der Waals surface area contributed by atoms with E-state index in [9.17, 15) is 0 Å². The number of hydrogen-bond donors (Lipinski definition) is 1. The Kier molecular flexibility index (Phi) is 3.38. The second-order valence-corrected chi connectivity index (χ2v) is 5.36. The number of nitrogens with two attached hydrogens (primary N) is 1. The van der Waals surface area contributed by atoms with Crippen molar-refractivity contribution in [3.63, 3.8) is 0 Å². The number of nitrogen functional groups attached to an aromatic ring is 1. The van der Waals surface area contributed by atoms with Gasteiger partial charge in [-0.3, -0.25) is 0 Å². The second kappa shape index (κ2) is 4.84. The van der Waals surface area contributed by atoms with Crippen LogP contribution < -0.4 is 10.5 Å². The molecule has 0 unspecified atom stereocenters. The average molecular weight is 258 g/mol. The van der Waals surface area contributed by atoms with Crippen LogP contribution in [0.25, 0.3) is 11.3 Å². The number of benzene rings is 1. The van der Waals surface area contributed by atoms with Crippen LogP contribution in [0.5, 0.6) is 5.75 Å². The van der Waals surface area contributed by atoms with Gasteiger partial charge in [-0.1, -0.05) is 20.8 Å². The highest BCUT2D eigenvalue weighted by Gasteiger charge is 2.20. The van der Waals surface area contributed by atoms with Crippen LogP contribution in [-0.4, -0.2) is 22.3 Å². The molecular weight excluding hydrogens is 240 g/mol. The molecule has 0 radical (unpaired) electrons. The van der Waals surface area contributed by atoms with Gasteiger partial charge < -0.3 is 10.5 Å². The van der Waals surface area contributed by atoms with Gasteiger partial charge in [-0.15, -0.1) is 10.2 Å². The summed E-state index contributed by atoms with van der Waals surface area (Å²) in [7, 11) is 1.67. The van der Waals surface area contributed by atoms with E-state index in [4.69, 9.17) is 10.5 Å². The van der Waals surface area contributed by atoms with Gasteiger partial charge in [0.1, 0.15) is 17.8 Å². The third-order valence-electron chi connectivity index (χ3n) is 2.93. The standard InChI is InChI=1S/C14H18N4O/c1-14(2,3)10-7-9(5-6-11(10)19-4)12-13(15)16-8-17-18-12/h5-8H,1-4H3,(H2,15,16,17). The third kappa shape index (κ3) is 2.65. The van der Waals surface area contributed by atoms with Crippen molar-refractivity contribution in [2.75, 3.05) is 12.8 Å². The summed E-state index contributed by atoms with van der Waals surface area (Å²) in [6, 6.07) is 5.86. The Hall–Kier alpha value is -2.17. The van der Waals surface area contributed by atoms with Crippen LogP contribution >= 0.6 is 0 Å². The van der Waals surface area contributed by atoms with Crippen molar-refractivity contribution in [2.45, 2.75) is 26.2 Å². The van der Waals surface area contributed by atoms with Gasteiger partial charge in [0.15, 0.2) is 5.82 Å². The maximum Gasteiger partial charge on any atom is 0.153 e. The summed E-state index contributed by atoms with van der Waals surface area (Å²) in [5.74, 6) is 1.23. The molecule has 0 spiro atoms.